The molecule has 2 aliphatic rings. The van der Waals surface area contributed by atoms with Crippen molar-refractivity contribution in [1.29, 1.82) is 0 Å². The minimum absolute atomic E-state index is 0.0221. The van der Waals surface area contributed by atoms with Crippen molar-refractivity contribution in [2.24, 2.45) is 0 Å². The van der Waals surface area contributed by atoms with E-state index >= 15 is 0 Å². The Balaban J connectivity index is 1.43. The lowest BCUT2D eigenvalue weighted by atomic mass is 9.84. The maximum atomic E-state index is 13.7. The van der Waals surface area contributed by atoms with E-state index in [1.165, 1.54) is 4.88 Å². The molecule has 1 aromatic heterocycles. The van der Waals surface area contributed by atoms with Gasteiger partial charge in [-0.3, -0.25) is 0 Å². The highest BCUT2D eigenvalue weighted by molar-refractivity contribution is 7.15. The van der Waals surface area contributed by atoms with Gasteiger partial charge >= 0.3 is 11.9 Å². The quantitative estimate of drug-likeness (QED) is 0.128. The van der Waals surface area contributed by atoms with Crippen molar-refractivity contribution in [1.82, 2.24) is 0 Å². The van der Waals surface area contributed by atoms with Crippen molar-refractivity contribution in [2.45, 2.75) is 52.4 Å². The predicted octanol–water partition coefficient (Wildman–Crippen LogP) is 7.43. The summed E-state index contributed by atoms with van der Waals surface area (Å²) in [4.78, 5) is 29.5. The third kappa shape index (κ3) is 5.51. The SMILES string of the molecule is COc1cc(C2=c3ccc4c5c(ccc4c3OC2=O)=C(c2cc(OC)c(OC)c(C(C)(C)C)c2)C(=O)O5)cc(-c2ccc(C(C)(C)C)s2)c1OC. The molecule has 0 atom stereocenters. The monoisotopic (exact) mass is 704 g/mol. The topological polar surface area (TPSA) is 89.5 Å². The first kappa shape index (κ1) is 34.2. The number of esters is 2. The van der Waals surface area contributed by atoms with Crippen LogP contribution < -0.4 is 38.9 Å². The largest absolute Gasteiger partial charge is 0.493 e. The fourth-order valence-corrected chi connectivity index (χ4v) is 7.94. The van der Waals surface area contributed by atoms with Gasteiger partial charge < -0.3 is 28.4 Å². The van der Waals surface area contributed by atoms with Crippen LogP contribution in [0.3, 0.4) is 0 Å². The molecule has 0 aliphatic carbocycles. The Morgan fingerprint density at radius 2 is 1.08 bits per heavy atom. The summed E-state index contributed by atoms with van der Waals surface area (Å²) in [6.07, 6.45) is 0. The summed E-state index contributed by atoms with van der Waals surface area (Å²) in [7, 11) is 6.38. The molecule has 9 heteroatoms. The molecule has 8 nitrogen and oxygen atoms in total. The molecule has 0 spiro atoms. The summed E-state index contributed by atoms with van der Waals surface area (Å²) >= 11 is 1.68. The van der Waals surface area contributed by atoms with Crippen LogP contribution in [0.2, 0.25) is 0 Å². The Bertz CT molecular complexity index is 2420. The van der Waals surface area contributed by atoms with Gasteiger partial charge in [0.25, 0.3) is 0 Å². The number of hydrogen-bond acceptors (Lipinski definition) is 9. The second kappa shape index (κ2) is 12.2. The third-order valence-electron chi connectivity index (χ3n) is 9.39. The van der Waals surface area contributed by atoms with Crippen LogP contribution in [0.25, 0.3) is 32.4 Å². The van der Waals surface area contributed by atoms with Gasteiger partial charge in [0.1, 0.15) is 11.5 Å². The third-order valence-corrected chi connectivity index (χ3v) is 10.9. The van der Waals surface area contributed by atoms with Crippen LogP contribution in [0.15, 0.2) is 60.7 Å². The van der Waals surface area contributed by atoms with Crippen LogP contribution in [0.1, 0.15) is 63.1 Å². The number of thiophene rings is 1. The first-order valence-corrected chi connectivity index (χ1v) is 17.4. The number of rotatable bonds is 7. The smallest absolute Gasteiger partial charge is 0.344 e. The molecule has 0 N–H and O–H groups in total. The van der Waals surface area contributed by atoms with Crippen molar-refractivity contribution in [3.63, 3.8) is 0 Å². The summed E-state index contributed by atoms with van der Waals surface area (Å²) in [6, 6.07) is 19.1. The summed E-state index contributed by atoms with van der Waals surface area (Å²) in [5, 5.41) is 2.58. The van der Waals surface area contributed by atoms with Crippen LogP contribution in [-0.2, 0) is 20.4 Å². The Labute approximate surface area is 300 Å². The summed E-state index contributed by atoms with van der Waals surface area (Å²) in [5.41, 5.74) is 3.53. The van der Waals surface area contributed by atoms with Gasteiger partial charge in [0, 0.05) is 42.1 Å². The highest BCUT2D eigenvalue weighted by Gasteiger charge is 2.33. The minimum Gasteiger partial charge on any atom is -0.493 e. The van der Waals surface area contributed by atoms with E-state index in [1.807, 2.05) is 36.4 Å². The molecular formula is C42H40O8S. The van der Waals surface area contributed by atoms with Crippen LogP contribution in [0.5, 0.6) is 34.5 Å². The lowest BCUT2D eigenvalue weighted by Gasteiger charge is -2.24. The van der Waals surface area contributed by atoms with Crippen LogP contribution in [-0.4, -0.2) is 40.4 Å². The van der Waals surface area contributed by atoms with E-state index in [0.717, 1.165) is 16.0 Å². The molecule has 4 aromatic carbocycles. The molecule has 262 valence electrons. The van der Waals surface area contributed by atoms with Crippen LogP contribution in [0.4, 0.5) is 0 Å². The van der Waals surface area contributed by atoms with Gasteiger partial charge in [-0.15, -0.1) is 11.3 Å². The Morgan fingerprint density at radius 3 is 1.53 bits per heavy atom. The molecular weight excluding hydrogens is 665 g/mol. The first-order valence-electron chi connectivity index (χ1n) is 16.6. The Hall–Kier alpha value is -5.28. The van der Waals surface area contributed by atoms with Crippen LogP contribution >= 0.6 is 11.3 Å². The highest BCUT2D eigenvalue weighted by atomic mass is 32.1. The number of fused-ring (bicyclic) bond motifs is 5. The van der Waals surface area contributed by atoms with Gasteiger partial charge in [0.2, 0.25) is 0 Å². The fourth-order valence-electron chi connectivity index (χ4n) is 6.86. The molecule has 7 rings (SSSR count). The maximum absolute atomic E-state index is 13.7. The van der Waals surface area contributed by atoms with Gasteiger partial charge in [-0.25, -0.2) is 9.59 Å². The number of ether oxygens (including phenoxy) is 6. The van der Waals surface area contributed by atoms with Gasteiger partial charge in [-0.1, -0.05) is 41.5 Å². The van der Waals surface area contributed by atoms with Crippen molar-refractivity contribution in [3.8, 4) is 44.9 Å². The first-order chi connectivity index (χ1) is 24.2. The number of hydrogen-bond donors (Lipinski definition) is 0. The molecule has 0 bridgehead atoms. The van der Waals surface area contributed by atoms with E-state index in [1.54, 1.807) is 51.9 Å². The van der Waals surface area contributed by atoms with E-state index in [4.69, 9.17) is 28.4 Å². The second-order valence-corrected chi connectivity index (χ2v) is 15.8. The molecule has 0 radical (unpaired) electrons. The van der Waals surface area contributed by atoms with Crippen molar-refractivity contribution < 1.29 is 38.0 Å². The van der Waals surface area contributed by atoms with Gasteiger partial charge in [-0.05, 0) is 82.6 Å². The molecule has 0 unspecified atom stereocenters. The molecule has 0 amide bonds. The molecule has 2 aliphatic heterocycles. The van der Waals surface area contributed by atoms with E-state index in [2.05, 4.69) is 53.7 Å². The lowest BCUT2D eigenvalue weighted by Crippen LogP contribution is -2.15. The van der Waals surface area contributed by atoms with Crippen molar-refractivity contribution in [3.05, 3.63) is 92.7 Å². The standard InChI is InChI=1S/C42H40O8S/c1-41(2,3)28-18-22(20-30(46-8)38(28)48-10)34-26-14-12-23-24(36(26)50-40(34)44)11-13-25-33(39(43)49-35(23)25)21-17-27(37(47-9)29(19-21)45-7)31-15-16-32(51-31)42(4,5)6/h11-20H,1-10H3. The van der Waals surface area contributed by atoms with Gasteiger partial charge in [0.05, 0.1) is 39.6 Å². The predicted molar refractivity (Wildman–Crippen MR) is 199 cm³/mol. The molecule has 3 heterocycles. The zero-order valence-corrected chi connectivity index (χ0v) is 31.3. The normalized spacial score (nSPS) is 14.0. The van der Waals surface area contributed by atoms with Gasteiger partial charge in [-0.2, -0.15) is 0 Å². The second-order valence-electron chi connectivity index (χ2n) is 14.7. The van der Waals surface area contributed by atoms with E-state index in [0.29, 0.717) is 78.0 Å². The summed E-state index contributed by atoms with van der Waals surface area (Å²) in [5.74, 6) is 2.09. The summed E-state index contributed by atoms with van der Waals surface area (Å²) in [6.45, 7) is 12.8. The van der Waals surface area contributed by atoms with Crippen molar-refractivity contribution >= 4 is 45.2 Å². The zero-order chi connectivity index (χ0) is 36.6. The number of methoxy groups -OCH3 is 4. The number of benzene rings is 4. The molecule has 51 heavy (non-hydrogen) atoms. The van der Waals surface area contributed by atoms with E-state index in [-0.39, 0.29) is 10.8 Å². The Morgan fingerprint density at radius 1 is 0.569 bits per heavy atom. The average Bonchev–Trinajstić information content (AvgIpc) is 3.81. The van der Waals surface area contributed by atoms with E-state index in [9.17, 15) is 9.59 Å². The van der Waals surface area contributed by atoms with Crippen molar-refractivity contribution in [2.75, 3.05) is 28.4 Å². The molecule has 5 aromatic rings. The Kier molecular flexibility index (Phi) is 8.17. The molecule has 0 saturated carbocycles. The average molecular weight is 705 g/mol. The highest BCUT2D eigenvalue weighted by Crippen LogP contribution is 2.46. The lowest BCUT2D eigenvalue weighted by molar-refractivity contribution is -0.128. The summed E-state index contributed by atoms with van der Waals surface area (Å²) < 4.78 is 35.0. The molecule has 0 fully saturated rings. The zero-order valence-electron chi connectivity index (χ0n) is 30.4. The fraction of sp³-hybridized carbons (Fsp3) is 0.286. The number of carbonyl (C=O) groups is 2. The van der Waals surface area contributed by atoms with Crippen LogP contribution in [0, 0.1) is 0 Å². The van der Waals surface area contributed by atoms with Gasteiger partial charge in [0.15, 0.2) is 23.0 Å². The molecule has 0 saturated heterocycles. The minimum atomic E-state index is -0.484. The maximum Gasteiger partial charge on any atom is 0.344 e. The van der Waals surface area contributed by atoms with E-state index < -0.39 is 11.9 Å². The number of carbonyl (C=O) groups excluding carboxylic acids is 2.